The molecule has 0 radical (unpaired) electrons. The number of esters is 1. The second kappa shape index (κ2) is 11.5. The number of carbonyl (C=O) groups excluding carboxylic acids is 1. The van der Waals surface area contributed by atoms with Crippen molar-refractivity contribution in [3.63, 3.8) is 0 Å². The third-order valence-corrected chi connectivity index (χ3v) is 6.83. The number of hydrogen-bond donors (Lipinski definition) is 5. The van der Waals surface area contributed by atoms with Crippen molar-refractivity contribution in [1.82, 2.24) is 0 Å². The molecule has 5 N–H and O–H groups in total. The van der Waals surface area contributed by atoms with E-state index in [9.17, 15) is 30.3 Å². The van der Waals surface area contributed by atoms with E-state index in [1.807, 2.05) is 0 Å². The number of hydrogen-bond acceptors (Lipinski definition) is 11. The molecular weight excluding hydrogens is 488 g/mol. The zero-order chi connectivity index (χ0) is 26.7. The maximum absolute atomic E-state index is 12.5. The second-order valence-corrected chi connectivity index (χ2v) is 9.21. The van der Waals surface area contributed by atoms with Crippen molar-refractivity contribution in [2.45, 2.75) is 43.5 Å². The van der Waals surface area contributed by atoms with Crippen LogP contribution >= 0.6 is 0 Å². The average molecular weight is 521 g/mol. The Bertz CT molecular complexity index is 1090. The van der Waals surface area contributed by atoms with E-state index in [4.69, 9.17) is 23.7 Å². The topological polar surface area (TPSA) is 164 Å². The molecule has 0 aliphatic carbocycles. The lowest BCUT2D eigenvalue weighted by molar-refractivity contribution is -0.277. The average Bonchev–Trinajstić information content (AvgIpc) is 3.23. The van der Waals surface area contributed by atoms with E-state index >= 15 is 0 Å². The molecule has 2 aromatic rings. The first-order valence-corrected chi connectivity index (χ1v) is 11.9. The van der Waals surface area contributed by atoms with Gasteiger partial charge in [-0.3, -0.25) is 4.79 Å². The van der Waals surface area contributed by atoms with Gasteiger partial charge in [0.1, 0.15) is 24.4 Å². The molecule has 2 saturated heterocycles. The van der Waals surface area contributed by atoms with Crippen molar-refractivity contribution in [3.05, 3.63) is 47.5 Å². The molecule has 11 heteroatoms. The molecule has 2 fully saturated rings. The molecule has 2 aliphatic heterocycles. The molecule has 2 aromatic carbocycles. The molecule has 7 atom stereocenters. The van der Waals surface area contributed by atoms with Crippen LogP contribution in [0.4, 0.5) is 0 Å². The Labute approximate surface area is 213 Å². The Kier molecular flexibility index (Phi) is 8.40. The Morgan fingerprint density at radius 3 is 2.22 bits per heavy atom. The summed E-state index contributed by atoms with van der Waals surface area (Å²) < 4.78 is 27.0. The van der Waals surface area contributed by atoms with Crippen molar-refractivity contribution in [2.75, 3.05) is 27.4 Å². The number of carbonyl (C=O) groups is 1. The maximum atomic E-state index is 12.5. The summed E-state index contributed by atoms with van der Waals surface area (Å²) in [4.78, 5) is 12.5. The van der Waals surface area contributed by atoms with E-state index in [-0.39, 0.29) is 30.0 Å². The fraction of sp³-hybridized carbons (Fsp3) is 0.500. The summed E-state index contributed by atoms with van der Waals surface area (Å²) in [6.45, 7) is -0.308. The van der Waals surface area contributed by atoms with Crippen LogP contribution < -0.4 is 14.2 Å². The molecule has 2 heterocycles. The van der Waals surface area contributed by atoms with Gasteiger partial charge in [-0.15, -0.1) is 0 Å². The number of ether oxygens (including phenoxy) is 5. The number of rotatable bonds is 9. The minimum Gasteiger partial charge on any atom is -0.504 e. The van der Waals surface area contributed by atoms with Gasteiger partial charge in [0.05, 0.1) is 33.4 Å². The quantitative estimate of drug-likeness (QED) is 0.286. The highest BCUT2D eigenvalue weighted by Crippen LogP contribution is 2.36. The number of cyclic esters (lactones) is 1. The predicted molar refractivity (Wildman–Crippen MR) is 127 cm³/mol. The Hall–Kier alpha value is -3.09. The van der Waals surface area contributed by atoms with Crippen molar-refractivity contribution in [1.29, 1.82) is 0 Å². The first-order valence-electron chi connectivity index (χ1n) is 11.9. The lowest BCUT2D eigenvalue weighted by Gasteiger charge is -2.39. The van der Waals surface area contributed by atoms with Crippen LogP contribution in [-0.2, 0) is 27.1 Å². The summed E-state index contributed by atoms with van der Waals surface area (Å²) in [6.07, 6.45) is -6.14. The van der Waals surface area contributed by atoms with Crippen LogP contribution in [0.1, 0.15) is 11.1 Å². The SMILES string of the molecule is COc1ccc(C[C@H]2C(=O)OC[C@@H]2Cc2ccc(O[C@@H]3O[C@@H](CO)[C@@H](O)[C@@H](O)[C@@H]3O)c(OC)c2)cc1O. The van der Waals surface area contributed by atoms with Gasteiger partial charge >= 0.3 is 5.97 Å². The molecule has 0 saturated carbocycles. The number of methoxy groups -OCH3 is 2. The zero-order valence-electron chi connectivity index (χ0n) is 20.5. The molecule has 37 heavy (non-hydrogen) atoms. The maximum Gasteiger partial charge on any atom is 0.309 e. The van der Waals surface area contributed by atoms with Crippen LogP contribution in [0.3, 0.4) is 0 Å². The van der Waals surface area contributed by atoms with Gasteiger partial charge in [-0.1, -0.05) is 12.1 Å². The third-order valence-electron chi connectivity index (χ3n) is 6.83. The van der Waals surface area contributed by atoms with Gasteiger partial charge < -0.3 is 49.2 Å². The van der Waals surface area contributed by atoms with Crippen LogP contribution in [-0.4, -0.2) is 89.6 Å². The highest BCUT2D eigenvalue weighted by atomic mass is 16.7. The van der Waals surface area contributed by atoms with Gasteiger partial charge in [-0.05, 0) is 48.2 Å². The van der Waals surface area contributed by atoms with E-state index in [0.29, 0.717) is 24.3 Å². The second-order valence-electron chi connectivity index (χ2n) is 9.21. The molecule has 0 bridgehead atoms. The number of aliphatic hydroxyl groups is 4. The molecule has 0 amide bonds. The molecule has 0 aromatic heterocycles. The van der Waals surface area contributed by atoms with Crippen LogP contribution in [0.25, 0.3) is 0 Å². The van der Waals surface area contributed by atoms with E-state index in [1.165, 1.54) is 14.2 Å². The fourth-order valence-corrected chi connectivity index (χ4v) is 4.70. The van der Waals surface area contributed by atoms with Crippen molar-refractivity contribution in [2.24, 2.45) is 11.8 Å². The number of benzene rings is 2. The summed E-state index contributed by atoms with van der Waals surface area (Å²) >= 11 is 0. The Balaban J connectivity index is 1.46. The van der Waals surface area contributed by atoms with Gasteiger partial charge in [0.2, 0.25) is 6.29 Å². The lowest BCUT2D eigenvalue weighted by Crippen LogP contribution is -2.60. The monoisotopic (exact) mass is 520 g/mol. The molecular formula is C26H32O11. The number of phenols is 1. The highest BCUT2D eigenvalue weighted by molar-refractivity contribution is 5.75. The summed E-state index contributed by atoms with van der Waals surface area (Å²) in [5.74, 6) is 0.100. The van der Waals surface area contributed by atoms with E-state index in [1.54, 1.807) is 36.4 Å². The Morgan fingerprint density at radius 2 is 1.57 bits per heavy atom. The van der Waals surface area contributed by atoms with E-state index in [2.05, 4.69) is 0 Å². The lowest BCUT2D eigenvalue weighted by atomic mass is 9.85. The molecule has 11 nitrogen and oxygen atoms in total. The van der Waals surface area contributed by atoms with Gasteiger partial charge in [-0.2, -0.15) is 0 Å². The largest absolute Gasteiger partial charge is 0.504 e. The molecule has 2 aliphatic rings. The minimum atomic E-state index is -1.56. The van der Waals surface area contributed by atoms with Crippen LogP contribution in [0.15, 0.2) is 36.4 Å². The summed E-state index contributed by atoms with van der Waals surface area (Å²) in [7, 11) is 2.91. The number of aromatic hydroxyl groups is 1. The first kappa shape index (κ1) is 27.0. The highest BCUT2D eigenvalue weighted by Gasteiger charge is 2.45. The van der Waals surface area contributed by atoms with E-state index in [0.717, 1.165) is 11.1 Å². The first-order chi connectivity index (χ1) is 17.7. The van der Waals surface area contributed by atoms with E-state index < -0.39 is 43.2 Å². The Morgan fingerprint density at radius 1 is 0.892 bits per heavy atom. The van der Waals surface area contributed by atoms with Gasteiger partial charge in [0.25, 0.3) is 0 Å². The van der Waals surface area contributed by atoms with Crippen LogP contribution in [0, 0.1) is 11.8 Å². The van der Waals surface area contributed by atoms with Gasteiger partial charge in [-0.25, -0.2) is 0 Å². The standard InChI is InChI=1S/C26H32O11/c1-33-18-5-3-14(9-17(18)28)8-16-15(12-35-25(16)32)7-13-4-6-19(20(10-13)34-2)36-26-24(31)23(30)22(29)21(11-27)37-26/h3-6,9-10,15-16,21-24,26-31H,7-8,11-12H2,1-2H3/t15-,16+,21-,22+,23+,24-,26+/m0/s1. The summed E-state index contributed by atoms with van der Waals surface area (Å²) in [6, 6.07) is 10.2. The molecule has 0 spiro atoms. The molecule has 202 valence electrons. The van der Waals surface area contributed by atoms with Crippen LogP contribution in [0.2, 0.25) is 0 Å². The fourth-order valence-electron chi connectivity index (χ4n) is 4.70. The van der Waals surface area contributed by atoms with Crippen molar-refractivity contribution >= 4 is 5.97 Å². The molecule has 0 unspecified atom stereocenters. The number of aliphatic hydroxyl groups excluding tert-OH is 4. The smallest absolute Gasteiger partial charge is 0.309 e. The van der Waals surface area contributed by atoms with Gasteiger partial charge in [0, 0.05) is 5.92 Å². The van der Waals surface area contributed by atoms with Gasteiger partial charge in [0.15, 0.2) is 23.0 Å². The summed E-state index contributed by atoms with van der Waals surface area (Å²) in [5, 5.41) is 49.7. The summed E-state index contributed by atoms with van der Waals surface area (Å²) in [5.41, 5.74) is 1.64. The normalized spacial score (nSPS) is 29.6. The molecule has 4 rings (SSSR count). The third kappa shape index (κ3) is 5.76. The zero-order valence-corrected chi connectivity index (χ0v) is 20.5. The van der Waals surface area contributed by atoms with Crippen molar-refractivity contribution in [3.8, 4) is 23.0 Å². The van der Waals surface area contributed by atoms with Crippen molar-refractivity contribution < 1.29 is 54.0 Å². The van der Waals surface area contributed by atoms with Crippen LogP contribution in [0.5, 0.6) is 23.0 Å². The number of phenolic OH excluding ortho intramolecular Hbond substituents is 1. The predicted octanol–water partition coefficient (Wildman–Crippen LogP) is 0.163. The minimum absolute atomic E-state index is 0.00245.